The summed E-state index contributed by atoms with van der Waals surface area (Å²) in [4.78, 5) is 0. The van der Waals surface area contributed by atoms with Gasteiger partial charge >= 0.3 is 0 Å². The summed E-state index contributed by atoms with van der Waals surface area (Å²) in [5.41, 5.74) is 0. The Kier molecular flexibility index (Phi) is 7.06. The third-order valence-electron chi connectivity index (χ3n) is 2.15. The van der Waals surface area contributed by atoms with Gasteiger partial charge in [-0.25, -0.2) is 0 Å². The third-order valence-corrected chi connectivity index (χ3v) is 2.82. The predicted octanol–water partition coefficient (Wildman–Crippen LogP) is 3.11. The van der Waals surface area contributed by atoms with E-state index in [1.54, 1.807) is 0 Å². The Morgan fingerprint density at radius 3 is 1.70 bits per heavy atom. The minimum Gasteiger partial charge on any atom is -0.147 e. The number of hydrogen-bond acceptors (Lipinski definition) is 0. The molecule has 0 nitrogen and oxygen atoms in total. The van der Waals surface area contributed by atoms with E-state index in [1.807, 2.05) is 0 Å². The van der Waals surface area contributed by atoms with Crippen LogP contribution in [0.1, 0.15) is 44.9 Å². The van der Waals surface area contributed by atoms with E-state index in [1.165, 1.54) is 44.9 Å². The molecule has 0 amide bonds. The maximum absolute atomic E-state index is 2.96. The van der Waals surface area contributed by atoms with Crippen LogP contribution >= 0.6 is 12.4 Å². The van der Waals surface area contributed by atoms with E-state index >= 15 is 0 Å². The lowest BCUT2D eigenvalue weighted by molar-refractivity contribution is 0.504. The molecule has 0 saturated heterocycles. The first kappa shape index (κ1) is 10.8. The van der Waals surface area contributed by atoms with Crippen molar-refractivity contribution in [3.8, 4) is 0 Å². The molecule has 1 fully saturated rings. The summed E-state index contributed by atoms with van der Waals surface area (Å²) in [7, 11) is 0. The van der Waals surface area contributed by atoms with Crippen molar-refractivity contribution < 1.29 is 0 Å². The van der Waals surface area contributed by atoms with E-state index in [-0.39, 0.29) is 12.4 Å². The van der Waals surface area contributed by atoms with Crippen LogP contribution in [0.15, 0.2) is 0 Å². The molecule has 0 aliphatic heterocycles. The summed E-state index contributed by atoms with van der Waals surface area (Å²) in [5.74, 6) is 0. The molecule has 1 aliphatic carbocycles. The molecule has 2 radical (unpaired) electrons. The molecular formula is C8H16AlCl. The zero-order valence-electron chi connectivity index (χ0n) is 6.51. The first-order valence-electron chi connectivity index (χ1n) is 4.15. The summed E-state index contributed by atoms with van der Waals surface area (Å²) in [6.45, 7) is 0. The Balaban J connectivity index is 0.000000810. The topological polar surface area (TPSA) is 0 Å². The Labute approximate surface area is 78.6 Å². The summed E-state index contributed by atoms with van der Waals surface area (Å²) in [6, 6.07) is 0. The van der Waals surface area contributed by atoms with Crippen LogP contribution in [-0.4, -0.2) is 16.3 Å². The van der Waals surface area contributed by atoms with Gasteiger partial charge in [0.05, 0.1) is 0 Å². The van der Waals surface area contributed by atoms with Crippen LogP contribution in [-0.2, 0) is 0 Å². The van der Waals surface area contributed by atoms with Gasteiger partial charge in [0.2, 0.25) is 0 Å². The molecular weight excluding hydrogens is 159 g/mol. The highest BCUT2D eigenvalue weighted by Crippen LogP contribution is 2.23. The van der Waals surface area contributed by atoms with Crippen molar-refractivity contribution in [3.63, 3.8) is 0 Å². The lowest BCUT2D eigenvalue weighted by atomic mass is 10.0. The quantitative estimate of drug-likeness (QED) is 0.495. The van der Waals surface area contributed by atoms with Crippen LogP contribution < -0.4 is 0 Å². The molecule has 1 saturated carbocycles. The number of hydrogen-bond donors (Lipinski definition) is 0. The van der Waals surface area contributed by atoms with Gasteiger partial charge in [-0.05, 0) is 0 Å². The molecule has 0 unspecified atom stereocenters. The van der Waals surface area contributed by atoms with Crippen molar-refractivity contribution in [2.24, 2.45) is 0 Å². The molecule has 0 atom stereocenters. The molecule has 0 bridgehead atoms. The summed E-state index contributed by atoms with van der Waals surface area (Å²) < 4.78 is 0.935. The van der Waals surface area contributed by atoms with Gasteiger partial charge in [0.25, 0.3) is 0 Å². The van der Waals surface area contributed by atoms with Crippen molar-refractivity contribution in [3.05, 3.63) is 0 Å². The Morgan fingerprint density at radius 2 is 1.20 bits per heavy atom. The fraction of sp³-hybridized carbons (Fsp3) is 1.00. The molecule has 0 spiro atoms. The van der Waals surface area contributed by atoms with E-state index in [2.05, 4.69) is 16.3 Å². The monoisotopic (exact) mass is 174 g/mol. The molecule has 0 aromatic carbocycles. The van der Waals surface area contributed by atoms with E-state index in [0.717, 1.165) is 4.78 Å². The lowest BCUT2D eigenvalue weighted by Crippen LogP contribution is -1.96. The predicted molar refractivity (Wildman–Crippen MR) is 49.1 cm³/mol. The standard InChI is InChI=1S/C8H15.Al.ClH/c1-2-4-6-8-7-5-3-1;;/h1H,2-8H2;;1H. The second kappa shape index (κ2) is 6.53. The van der Waals surface area contributed by atoms with Crippen molar-refractivity contribution in [1.82, 2.24) is 0 Å². The zero-order chi connectivity index (χ0) is 6.53. The molecule has 2 heteroatoms. The molecule has 58 valence electrons. The minimum absolute atomic E-state index is 0. The highest BCUT2D eigenvalue weighted by molar-refractivity contribution is 6.11. The third kappa shape index (κ3) is 4.61. The van der Waals surface area contributed by atoms with E-state index in [0.29, 0.717) is 0 Å². The number of rotatable bonds is 0. The van der Waals surface area contributed by atoms with E-state index < -0.39 is 0 Å². The highest BCUT2D eigenvalue weighted by atomic mass is 35.5. The SMILES string of the molecule is Cl.[Al][CH]1CCCCCCC1. The van der Waals surface area contributed by atoms with Gasteiger partial charge in [0, 0.05) is 0 Å². The number of halogens is 1. The van der Waals surface area contributed by atoms with Gasteiger partial charge in [-0.1, -0.05) is 44.9 Å². The second-order valence-electron chi connectivity index (χ2n) is 3.11. The molecule has 10 heavy (non-hydrogen) atoms. The Bertz CT molecular complexity index is 67.7. The van der Waals surface area contributed by atoms with Crippen LogP contribution in [0.2, 0.25) is 4.78 Å². The minimum atomic E-state index is 0. The summed E-state index contributed by atoms with van der Waals surface area (Å²) >= 11 is 2.96. The Hall–Kier alpha value is 0.822. The fourth-order valence-corrected chi connectivity index (χ4v) is 1.96. The molecule has 1 aliphatic rings. The normalized spacial score (nSPS) is 22.4. The van der Waals surface area contributed by atoms with E-state index in [9.17, 15) is 0 Å². The zero-order valence-corrected chi connectivity index (χ0v) is 8.48. The van der Waals surface area contributed by atoms with Crippen LogP contribution in [0.25, 0.3) is 0 Å². The van der Waals surface area contributed by atoms with Crippen molar-refractivity contribution in [2.45, 2.75) is 49.7 Å². The highest BCUT2D eigenvalue weighted by Gasteiger charge is 2.03. The first-order chi connectivity index (χ1) is 4.39. The summed E-state index contributed by atoms with van der Waals surface area (Å²) in [5, 5.41) is 0. The van der Waals surface area contributed by atoms with Crippen LogP contribution in [0.4, 0.5) is 0 Å². The van der Waals surface area contributed by atoms with E-state index in [4.69, 9.17) is 0 Å². The fourth-order valence-electron chi connectivity index (χ4n) is 1.49. The van der Waals surface area contributed by atoms with Gasteiger partial charge in [-0.2, -0.15) is 0 Å². The van der Waals surface area contributed by atoms with Gasteiger partial charge in [-0.15, -0.1) is 17.2 Å². The van der Waals surface area contributed by atoms with Gasteiger partial charge in [-0.3, -0.25) is 0 Å². The van der Waals surface area contributed by atoms with Crippen molar-refractivity contribution in [1.29, 1.82) is 0 Å². The van der Waals surface area contributed by atoms with Crippen LogP contribution in [0, 0.1) is 0 Å². The largest absolute Gasteiger partial charge is 0.147 e. The molecule has 0 N–H and O–H groups in total. The molecule has 0 aromatic heterocycles. The van der Waals surface area contributed by atoms with Crippen LogP contribution in [0.3, 0.4) is 0 Å². The molecule has 1 rings (SSSR count). The Morgan fingerprint density at radius 1 is 0.800 bits per heavy atom. The summed E-state index contributed by atoms with van der Waals surface area (Å²) in [6.07, 6.45) is 10.3. The first-order valence-corrected chi connectivity index (χ1v) is 4.82. The maximum atomic E-state index is 2.96. The average molecular weight is 175 g/mol. The van der Waals surface area contributed by atoms with Gasteiger partial charge in [0.15, 0.2) is 0 Å². The van der Waals surface area contributed by atoms with Gasteiger partial charge < -0.3 is 0 Å². The maximum Gasteiger partial charge on any atom is 0.123 e. The average Bonchev–Trinajstić information content (AvgIpc) is 1.79. The smallest absolute Gasteiger partial charge is 0.123 e. The van der Waals surface area contributed by atoms with Gasteiger partial charge in [0.1, 0.15) is 16.3 Å². The second-order valence-corrected chi connectivity index (χ2v) is 4.05. The lowest BCUT2D eigenvalue weighted by Gasteiger charge is -2.14. The molecule has 0 heterocycles. The molecule has 0 aromatic rings. The van der Waals surface area contributed by atoms with Crippen molar-refractivity contribution >= 4 is 28.7 Å². The van der Waals surface area contributed by atoms with Crippen LogP contribution in [0.5, 0.6) is 0 Å². The van der Waals surface area contributed by atoms with Crippen molar-refractivity contribution in [2.75, 3.05) is 0 Å².